The zero-order valence-electron chi connectivity index (χ0n) is 10.0. The Morgan fingerprint density at radius 3 is 2.25 bits per heavy atom. The molecule has 0 amide bonds. The van der Waals surface area contributed by atoms with E-state index in [0.717, 1.165) is 32.0 Å². The Hall–Kier alpha value is -0.590. The summed E-state index contributed by atoms with van der Waals surface area (Å²) < 4.78 is 5.48. The Kier molecular flexibility index (Phi) is 2.28. The highest BCUT2D eigenvalue weighted by atomic mass is 16.5. The molecule has 3 heteroatoms. The van der Waals surface area contributed by atoms with Crippen molar-refractivity contribution in [2.75, 3.05) is 33.4 Å². The molecule has 0 atom stereocenters. The summed E-state index contributed by atoms with van der Waals surface area (Å²) in [6, 6.07) is 2.61. The van der Waals surface area contributed by atoms with Crippen LogP contribution in [0.15, 0.2) is 0 Å². The molecule has 3 rings (SSSR count). The minimum Gasteiger partial charge on any atom is -0.380 e. The minimum atomic E-state index is -0.00811. The van der Waals surface area contributed by atoms with E-state index in [4.69, 9.17) is 4.74 Å². The van der Waals surface area contributed by atoms with Gasteiger partial charge in [-0.2, -0.15) is 5.26 Å². The van der Waals surface area contributed by atoms with Crippen LogP contribution in [-0.2, 0) is 4.74 Å². The third-order valence-electron chi connectivity index (χ3n) is 5.14. The van der Waals surface area contributed by atoms with Gasteiger partial charge in [-0.05, 0) is 51.7 Å². The van der Waals surface area contributed by atoms with E-state index in [1.165, 1.54) is 25.9 Å². The van der Waals surface area contributed by atoms with Crippen LogP contribution in [0.5, 0.6) is 0 Å². The van der Waals surface area contributed by atoms with Gasteiger partial charge in [-0.1, -0.05) is 0 Å². The zero-order valence-corrected chi connectivity index (χ0v) is 10.0. The van der Waals surface area contributed by atoms with Crippen molar-refractivity contribution < 1.29 is 4.74 Å². The molecule has 16 heavy (non-hydrogen) atoms. The number of hydrogen-bond donors (Lipinski definition) is 0. The second-order valence-electron chi connectivity index (χ2n) is 5.92. The number of rotatable bonds is 2. The van der Waals surface area contributed by atoms with Crippen LogP contribution in [0, 0.1) is 28.1 Å². The van der Waals surface area contributed by atoms with Gasteiger partial charge >= 0.3 is 0 Å². The molecule has 2 saturated heterocycles. The monoisotopic (exact) mass is 220 g/mol. The summed E-state index contributed by atoms with van der Waals surface area (Å²) in [5.74, 6) is 0.722. The SMILES string of the molecule is CN1CCC(C2(C3(C#N)CC3)COC2)CC1. The van der Waals surface area contributed by atoms with E-state index in [2.05, 4.69) is 18.0 Å². The maximum absolute atomic E-state index is 9.42. The predicted molar refractivity (Wildman–Crippen MR) is 60.8 cm³/mol. The molecule has 0 aromatic carbocycles. The molecule has 3 nitrogen and oxygen atoms in total. The molecule has 2 heterocycles. The maximum Gasteiger partial charge on any atom is 0.0697 e. The predicted octanol–water partition coefficient (Wildman–Crippen LogP) is 1.65. The lowest BCUT2D eigenvalue weighted by Gasteiger charge is -2.52. The van der Waals surface area contributed by atoms with Gasteiger partial charge < -0.3 is 9.64 Å². The lowest BCUT2D eigenvalue weighted by Crippen LogP contribution is -2.56. The molecule has 0 aromatic heterocycles. The highest BCUT2D eigenvalue weighted by Gasteiger charge is 2.66. The Balaban J connectivity index is 1.78. The molecule has 0 spiro atoms. The number of piperidine rings is 1. The molecular formula is C13H20N2O. The van der Waals surface area contributed by atoms with Crippen LogP contribution in [0.1, 0.15) is 25.7 Å². The normalized spacial score (nSPS) is 32.8. The molecule has 3 fully saturated rings. The van der Waals surface area contributed by atoms with Crippen LogP contribution in [0.25, 0.3) is 0 Å². The van der Waals surface area contributed by atoms with Gasteiger partial charge in [0.25, 0.3) is 0 Å². The Labute approximate surface area is 97.4 Å². The van der Waals surface area contributed by atoms with Crippen molar-refractivity contribution in [1.82, 2.24) is 4.90 Å². The number of nitriles is 1. The average Bonchev–Trinajstić information content (AvgIpc) is 3.01. The van der Waals surface area contributed by atoms with E-state index in [1.54, 1.807) is 0 Å². The van der Waals surface area contributed by atoms with Crippen molar-refractivity contribution in [3.63, 3.8) is 0 Å². The van der Waals surface area contributed by atoms with Gasteiger partial charge in [-0.25, -0.2) is 0 Å². The Bertz CT molecular complexity index is 317. The van der Waals surface area contributed by atoms with E-state index >= 15 is 0 Å². The van der Waals surface area contributed by atoms with Gasteiger partial charge in [0.1, 0.15) is 0 Å². The number of ether oxygens (including phenoxy) is 1. The first-order valence-corrected chi connectivity index (χ1v) is 6.40. The molecule has 0 unspecified atom stereocenters. The topological polar surface area (TPSA) is 36.3 Å². The van der Waals surface area contributed by atoms with Gasteiger partial charge in [0.05, 0.1) is 24.7 Å². The molecule has 0 aromatic rings. The van der Waals surface area contributed by atoms with Crippen LogP contribution >= 0.6 is 0 Å². The van der Waals surface area contributed by atoms with Crippen molar-refractivity contribution in [3.05, 3.63) is 0 Å². The summed E-state index contributed by atoms with van der Waals surface area (Å²) in [6.45, 7) is 4.06. The molecule has 0 radical (unpaired) electrons. The highest BCUT2D eigenvalue weighted by molar-refractivity contribution is 5.22. The molecule has 0 N–H and O–H groups in total. The summed E-state index contributed by atoms with van der Waals surface area (Å²) in [5.41, 5.74) is 0.217. The van der Waals surface area contributed by atoms with Crippen molar-refractivity contribution in [3.8, 4) is 6.07 Å². The van der Waals surface area contributed by atoms with Crippen molar-refractivity contribution in [2.45, 2.75) is 25.7 Å². The molecule has 1 saturated carbocycles. The molecule has 88 valence electrons. The molecule has 2 aliphatic heterocycles. The highest BCUT2D eigenvalue weighted by Crippen LogP contribution is 2.65. The van der Waals surface area contributed by atoms with E-state index in [1.807, 2.05) is 0 Å². The van der Waals surface area contributed by atoms with Crippen LogP contribution in [0.3, 0.4) is 0 Å². The molecule has 1 aliphatic carbocycles. The zero-order chi connectivity index (χ0) is 11.2. The standard InChI is InChI=1S/C13H20N2O/c1-15-6-2-11(3-7-15)13(9-16-10-13)12(8-14)4-5-12/h11H,2-7,9-10H2,1H3. The maximum atomic E-state index is 9.42. The summed E-state index contributed by atoms with van der Waals surface area (Å²) in [5, 5.41) is 9.42. The lowest BCUT2D eigenvalue weighted by atomic mass is 9.60. The average molecular weight is 220 g/mol. The summed E-state index contributed by atoms with van der Waals surface area (Å²) in [6.07, 6.45) is 4.73. The number of hydrogen-bond acceptors (Lipinski definition) is 3. The second-order valence-corrected chi connectivity index (χ2v) is 5.92. The van der Waals surface area contributed by atoms with Gasteiger partial charge in [-0.3, -0.25) is 0 Å². The van der Waals surface area contributed by atoms with Crippen LogP contribution in [0.2, 0.25) is 0 Å². The third-order valence-corrected chi connectivity index (χ3v) is 5.14. The molecule has 3 aliphatic rings. The first kappa shape index (κ1) is 10.6. The lowest BCUT2D eigenvalue weighted by molar-refractivity contribution is -0.183. The molecular weight excluding hydrogens is 200 g/mol. The van der Waals surface area contributed by atoms with E-state index in [-0.39, 0.29) is 10.8 Å². The van der Waals surface area contributed by atoms with Crippen molar-refractivity contribution in [2.24, 2.45) is 16.7 Å². The minimum absolute atomic E-state index is 0.00811. The summed E-state index contributed by atoms with van der Waals surface area (Å²) in [4.78, 5) is 2.40. The smallest absolute Gasteiger partial charge is 0.0697 e. The first-order valence-electron chi connectivity index (χ1n) is 6.40. The fourth-order valence-corrected chi connectivity index (χ4v) is 3.63. The fraction of sp³-hybridized carbons (Fsp3) is 0.923. The molecule has 0 bridgehead atoms. The van der Waals surface area contributed by atoms with Crippen LogP contribution < -0.4 is 0 Å². The van der Waals surface area contributed by atoms with E-state index in [9.17, 15) is 5.26 Å². The van der Waals surface area contributed by atoms with Crippen LogP contribution in [0.4, 0.5) is 0 Å². The second kappa shape index (κ2) is 3.45. The Morgan fingerprint density at radius 2 is 1.88 bits per heavy atom. The largest absolute Gasteiger partial charge is 0.380 e. The van der Waals surface area contributed by atoms with Gasteiger partial charge in [0, 0.05) is 5.41 Å². The fourth-order valence-electron chi connectivity index (χ4n) is 3.63. The van der Waals surface area contributed by atoms with Crippen LogP contribution in [-0.4, -0.2) is 38.3 Å². The van der Waals surface area contributed by atoms with Crippen molar-refractivity contribution >= 4 is 0 Å². The summed E-state index contributed by atoms with van der Waals surface area (Å²) in [7, 11) is 2.19. The van der Waals surface area contributed by atoms with Gasteiger partial charge in [0.2, 0.25) is 0 Å². The summed E-state index contributed by atoms with van der Waals surface area (Å²) >= 11 is 0. The quantitative estimate of drug-likeness (QED) is 0.710. The number of nitrogens with zero attached hydrogens (tertiary/aromatic N) is 2. The van der Waals surface area contributed by atoms with Crippen molar-refractivity contribution in [1.29, 1.82) is 5.26 Å². The van der Waals surface area contributed by atoms with E-state index in [0.29, 0.717) is 0 Å². The van der Waals surface area contributed by atoms with Gasteiger partial charge in [0.15, 0.2) is 0 Å². The number of likely N-dealkylation sites (tertiary alicyclic amines) is 1. The van der Waals surface area contributed by atoms with E-state index < -0.39 is 0 Å². The van der Waals surface area contributed by atoms with Gasteiger partial charge in [-0.15, -0.1) is 0 Å². The first-order chi connectivity index (χ1) is 7.72. The Morgan fingerprint density at radius 1 is 1.25 bits per heavy atom. The third kappa shape index (κ3) is 1.26.